The van der Waals surface area contributed by atoms with E-state index in [2.05, 4.69) is 10.4 Å². The fourth-order valence-corrected chi connectivity index (χ4v) is 2.09. The zero-order valence-electron chi connectivity index (χ0n) is 13.1. The standard InChI is InChI=1S/C18H14FN3O3/c19-14-6-8-15(9-7-14)21-17(23)12-25-18(24)13-10-20-22(11-13)16-4-2-1-3-5-16/h1-11H,12H2,(H,21,23). The van der Waals surface area contributed by atoms with Gasteiger partial charge < -0.3 is 10.1 Å². The number of halogens is 1. The van der Waals surface area contributed by atoms with Crippen LogP contribution in [0.25, 0.3) is 5.69 Å². The number of carbonyl (C=O) groups excluding carboxylic acids is 2. The first-order valence-electron chi connectivity index (χ1n) is 7.44. The van der Waals surface area contributed by atoms with Crippen molar-refractivity contribution in [2.75, 3.05) is 11.9 Å². The first kappa shape index (κ1) is 16.4. The third kappa shape index (κ3) is 4.29. The molecule has 0 saturated heterocycles. The van der Waals surface area contributed by atoms with Crippen LogP contribution in [0.2, 0.25) is 0 Å². The summed E-state index contributed by atoms with van der Waals surface area (Å²) in [6.07, 6.45) is 2.89. The molecule has 0 fully saturated rings. The van der Waals surface area contributed by atoms with Crippen LogP contribution >= 0.6 is 0 Å². The lowest BCUT2D eigenvalue weighted by Gasteiger charge is -2.05. The van der Waals surface area contributed by atoms with Crippen molar-refractivity contribution in [3.63, 3.8) is 0 Å². The molecular formula is C18H14FN3O3. The number of anilines is 1. The van der Waals surface area contributed by atoms with Crippen LogP contribution in [-0.4, -0.2) is 28.3 Å². The highest BCUT2D eigenvalue weighted by Gasteiger charge is 2.13. The molecule has 0 atom stereocenters. The number of hydrogen-bond donors (Lipinski definition) is 1. The lowest BCUT2D eigenvalue weighted by molar-refractivity contribution is -0.119. The summed E-state index contributed by atoms with van der Waals surface area (Å²) >= 11 is 0. The van der Waals surface area contributed by atoms with E-state index in [1.54, 1.807) is 0 Å². The minimum absolute atomic E-state index is 0.235. The Kier molecular flexibility index (Phi) is 4.84. The van der Waals surface area contributed by atoms with E-state index in [1.165, 1.54) is 41.3 Å². The van der Waals surface area contributed by atoms with Gasteiger partial charge in [0.2, 0.25) is 0 Å². The van der Waals surface area contributed by atoms with Crippen molar-refractivity contribution in [1.82, 2.24) is 9.78 Å². The Morgan fingerprint density at radius 2 is 1.80 bits per heavy atom. The first-order valence-corrected chi connectivity index (χ1v) is 7.44. The Labute approximate surface area is 142 Å². The number of benzene rings is 2. The molecule has 7 heteroatoms. The Balaban J connectivity index is 1.55. The molecule has 6 nitrogen and oxygen atoms in total. The molecule has 1 aromatic heterocycles. The van der Waals surface area contributed by atoms with Crippen LogP contribution in [0.1, 0.15) is 10.4 Å². The van der Waals surface area contributed by atoms with Crippen molar-refractivity contribution in [1.29, 1.82) is 0 Å². The number of aromatic nitrogens is 2. The third-order valence-electron chi connectivity index (χ3n) is 3.30. The number of ether oxygens (including phenoxy) is 1. The third-order valence-corrected chi connectivity index (χ3v) is 3.30. The van der Waals surface area contributed by atoms with Crippen LogP contribution in [0.4, 0.5) is 10.1 Å². The lowest BCUT2D eigenvalue weighted by Crippen LogP contribution is -2.20. The number of amides is 1. The lowest BCUT2D eigenvalue weighted by atomic mass is 10.3. The number of nitrogens with one attached hydrogen (secondary N) is 1. The Hall–Kier alpha value is -3.48. The number of esters is 1. The summed E-state index contributed by atoms with van der Waals surface area (Å²) in [6.45, 7) is -0.452. The number of para-hydroxylation sites is 1. The molecule has 126 valence electrons. The van der Waals surface area contributed by atoms with E-state index in [1.807, 2.05) is 30.3 Å². The minimum Gasteiger partial charge on any atom is -0.452 e. The molecule has 1 amide bonds. The first-order chi connectivity index (χ1) is 12.1. The second-order valence-corrected chi connectivity index (χ2v) is 5.14. The van der Waals surface area contributed by atoms with Crippen LogP contribution in [0.3, 0.4) is 0 Å². The molecule has 0 unspecified atom stereocenters. The molecule has 1 N–H and O–H groups in total. The highest BCUT2D eigenvalue weighted by Crippen LogP contribution is 2.10. The largest absolute Gasteiger partial charge is 0.452 e. The molecule has 3 rings (SSSR count). The summed E-state index contributed by atoms with van der Waals surface area (Å²) in [7, 11) is 0. The van der Waals surface area contributed by atoms with E-state index < -0.39 is 24.3 Å². The predicted molar refractivity (Wildman–Crippen MR) is 88.9 cm³/mol. The van der Waals surface area contributed by atoms with Crippen molar-refractivity contribution in [3.05, 3.63) is 78.4 Å². The van der Waals surface area contributed by atoms with Gasteiger partial charge in [0.25, 0.3) is 5.91 Å². The van der Waals surface area contributed by atoms with Gasteiger partial charge in [-0.3, -0.25) is 4.79 Å². The van der Waals surface area contributed by atoms with Gasteiger partial charge in [0.05, 0.1) is 17.4 Å². The number of nitrogens with zero attached hydrogens (tertiary/aromatic N) is 2. The molecule has 0 aliphatic rings. The van der Waals surface area contributed by atoms with Crippen molar-refractivity contribution >= 4 is 17.6 Å². The van der Waals surface area contributed by atoms with Crippen molar-refractivity contribution in [2.45, 2.75) is 0 Å². The van der Waals surface area contributed by atoms with E-state index in [0.717, 1.165) is 5.69 Å². The summed E-state index contributed by atoms with van der Waals surface area (Å²) in [6, 6.07) is 14.6. The van der Waals surface area contributed by atoms with Gasteiger partial charge in [0.1, 0.15) is 5.82 Å². The number of rotatable bonds is 5. The summed E-state index contributed by atoms with van der Waals surface area (Å²) in [5.41, 5.74) is 1.45. The van der Waals surface area contributed by atoms with Gasteiger partial charge >= 0.3 is 5.97 Å². The summed E-state index contributed by atoms with van der Waals surface area (Å²) < 4.78 is 19.3. The zero-order valence-corrected chi connectivity index (χ0v) is 13.1. The Morgan fingerprint density at radius 1 is 1.08 bits per heavy atom. The van der Waals surface area contributed by atoms with Gasteiger partial charge in [-0.25, -0.2) is 13.9 Å². The maximum absolute atomic E-state index is 12.8. The summed E-state index contributed by atoms with van der Waals surface area (Å²) in [5, 5.41) is 6.59. The van der Waals surface area contributed by atoms with E-state index in [4.69, 9.17) is 4.74 Å². The molecule has 0 bridgehead atoms. The maximum atomic E-state index is 12.8. The molecule has 3 aromatic rings. The topological polar surface area (TPSA) is 73.2 Å². The van der Waals surface area contributed by atoms with Crippen LogP contribution in [0.5, 0.6) is 0 Å². The average molecular weight is 339 g/mol. The quantitative estimate of drug-likeness (QED) is 0.726. The normalized spacial score (nSPS) is 10.3. The van der Waals surface area contributed by atoms with Crippen molar-refractivity contribution in [2.24, 2.45) is 0 Å². The summed E-state index contributed by atoms with van der Waals surface area (Å²) in [5.74, 6) is -1.58. The number of hydrogen-bond acceptors (Lipinski definition) is 4. The molecular weight excluding hydrogens is 325 g/mol. The molecule has 0 saturated carbocycles. The van der Waals surface area contributed by atoms with Gasteiger partial charge in [-0.2, -0.15) is 5.10 Å². The van der Waals surface area contributed by atoms with Crippen molar-refractivity contribution < 1.29 is 18.7 Å². The van der Waals surface area contributed by atoms with Gasteiger partial charge in [-0.15, -0.1) is 0 Å². The van der Waals surface area contributed by atoms with E-state index in [9.17, 15) is 14.0 Å². The molecule has 0 radical (unpaired) electrons. The SMILES string of the molecule is O=C(COC(=O)c1cnn(-c2ccccc2)c1)Nc1ccc(F)cc1. The van der Waals surface area contributed by atoms with Crippen molar-refractivity contribution in [3.8, 4) is 5.69 Å². The molecule has 1 heterocycles. The minimum atomic E-state index is -0.656. The van der Waals surface area contributed by atoms with Gasteiger partial charge in [0.15, 0.2) is 6.61 Å². The van der Waals surface area contributed by atoms with E-state index in [-0.39, 0.29) is 5.56 Å². The van der Waals surface area contributed by atoms with Gasteiger partial charge in [-0.1, -0.05) is 18.2 Å². The van der Waals surface area contributed by atoms with Crippen LogP contribution < -0.4 is 5.32 Å². The van der Waals surface area contributed by atoms with Crippen LogP contribution in [0, 0.1) is 5.82 Å². The van der Waals surface area contributed by atoms with E-state index in [0.29, 0.717) is 5.69 Å². The molecule has 25 heavy (non-hydrogen) atoms. The predicted octanol–water partition coefficient (Wildman–Crippen LogP) is 2.81. The van der Waals surface area contributed by atoms with E-state index >= 15 is 0 Å². The molecule has 0 spiro atoms. The maximum Gasteiger partial charge on any atom is 0.341 e. The second-order valence-electron chi connectivity index (χ2n) is 5.14. The highest BCUT2D eigenvalue weighted by atomic mass is 19.1. The van der Waals surface area contributed by atoms with Crippen LogP contribution in [-0.2, 0) is 9.53 Å². The fraction of sp³-hybridized carbons (Fsp3) is 0.0556. The fourth-order valence-electron chi connectivity index (χ4n) is 2.09. The molecule has 0 aliphatic carbocycles. The second kappa shape index (κ2) is 7.39. The number of carbonyl (C=O) groups is 2. The molecule has 0 aliphatic heterocycles. The summed E-state index contributed by atoms with van der Waals surface area (Å²) in [4.78, 5) is 23.7. The highest BCUT2D eigenvalue weighted by molar-refractivity contribution is 5.95. The zero-order chi connectivity index (χ0) is 17.6. The Bertz CT molecular complexity index is 876. The molecule has 2 aromatic carbocycles. The monoisotopic (exact) mass is 339 g/mol. The van der Waals surface area contributed by atoms with Crippen LogP contribution in [0.15, 0.2) is 67.0 Å². The van der Waals surface area contributed by atoms with Gasteiger partial charge in [0, 0.05) is 11.9 Å². The Morgan fingerprint density at radius 3 is 2.52 bits per heavy atom. The van der Waals surface area contributed by atoms with Gasteiger partial charge in [-0.05, 0) is 36.4 Å². The average Bonchev–Trinajstić information content (AvgIpc) is 3.13. The smallest absolute Gasteiger partial charge is 0.341 e.